The summed E-state index contributed by atoms with van der Waals surface area (Å²) in [5.41, 5.74) is 0. The van der Waals surface area contributed by atoms with E-state index in [4.69, 9.17) is 4.74 Å². The molecule has 0 bridgehead atoms. The number of ether oxygens (including phenoxy) is 1. The number of likely N-dealkylation sites (N-methyl/N-ethyl adjacent to an activating group) is 1. The van der Waals surface area contributed by atoms with Crippen LogP contribution in [0.4, 0.5) is 0 Å². The number of carbonyl (C=O) groups is 1. The van der Waals surface area contributed by atoms with Crippen molar-refractivity contribution in [3.8, 4) is 12.8 Å². The highest BCUT2D eigenvalue weighted by atomic mass is 16.5. The zero-order valence-corrected chi connectivity index (χ0v) is 39.8. The predicted molar refractivity (Wildman–Crippen MR) is 255 cm³/mol. The van der Waals surface area contributed by atoms with Gasteiger partial charge in [0, 0.05) is 46.3 Å². The first-order chi connectivity index (χ1) is 28.0. The summed E-state index contributed by atoms with van der Waals surface area (Å²) in [6.07, 6.45) is 56.6. The minimum Gasteiger partial charge on any atom is -0.392 e. The van der Waals surface area contributed by atoms with Gasteiger partial charge in [-0.1, -0.05) is 200 Å². The lowest BCUT2D eigenvalue weighted by Gasteiger charge is -2.28. The summed E-state index contributed by atoms with van der Waals surface area (Å²) in [6.45, 7) is 17.0. The van der Waals surface area contributed by atoms with Crippen molar-refractivity contribution >= 4 is 6.29 Å². The highest BCUT2D eigenvalue weighted by Crippen LogP contribution is 2.20. The zero-order valence-electron chi connectivity index (χ0n) is 39.8. The van der Waals surface area contributed by atoms with Gasteiger partial charge in [0.25, 0.3) is 0 Å². The Bertz CT molecular complexity index is 772. The fraction of sp³-hybridized carbons (Fsp3) is 0.904. The Balaban J connectivity index is -0.00000105. The first-order valence-corrected chi connectivity index (χ1v) is 25.1. The van der Waals surface area contributed by atoms with Crippen molar-refractivity contribution in [1.29, 1.82) is 0 Å². The molecule has 0 amide bonds. The van der Waals surface area contributed by atoms with Crippen LogP contribution >= 0.6 is 0 Å². The van der Waals surface area contributed by atoms with Crippen molar-refractivity contribution in [3.05, 3.63) is 12.3 Å². The average Bonchev–Trinajstić information content (AvgIpc) is 3.22. The summed E-state index contributed by atoms with van der Waals surface area (Å²) < 4.78 is 5.42. The van der Waals surface area contributed by atoms with E-state index in [1.807, 2.05) is 7.11 Å². The highest BCUT2D eigenvalue weighted by molar-refractivity contribution is 5.48. The van der Waals surface area contributed by atoms with Gasteiger partial charge in [0.2, 0.25) is 0 Å². The van der Waals surface area contributed by atoms with Gasteiger partial charge in [-0.25, -0.2) is 0 Å². The predicted octanol–water partition coefficient (Wildman–Crippen LogP) is 15.1. The molecule has 0 rings (SSSR count). The molecule has 0 aromatic rings. The Morgan fingerprint density at radius 1 is 0.544 bits per heavy atom. The quantitative estimate of drug-likeness (QED) is 0.0378. The number of hydrogen-bond acceptors (Lipinski definition) is 5. The normalized spacial score (nSPS) is 12.2. The lowest BCUT2D eigenvalue weighted by molar-refractivity contribution is -0.107. The first kappa shape index (κ1) is 60.0. The van der Waals surface area contributed by atoms with Gasteiger partial charge >= 0.3 is 0 Å². The molecule has 0 aromatic heterocycles. The summed E-state index contributed by atoms with van der Waals surface area (Å²) in [6, 6.07) is 0. The number of allylic oxidation sites excluding steroid dienone is 1. The summed E-state index contributed by atoms with van der Waals surface area (Å²) in [5, 5.41) is 10.7. The lowest BCUT2D eigenvalue weighted by atomic mass is 9.94. The van der Waals surface area contributed by atoms with E-state index in [0.29, 0.717) is 6.42 Å². The van der Waals surface area contributed by atoms with Crippen molar-refractivity contribution in [2.24, 2.45) is 5.92 Å². The molecule has 340 valence electrons. The molecule has 2 unspecified atom stereocenters. The Labute approximate surface area is 359 Å². The van der Waals surface area contributed by atoms with E-state index in [0.717, 1.165) is 77.2 Å². The molecule has 0 fully saturated rings. The molecule has 0 aliphatic rings. The second-order valence-electron chi connectivity index (χ2n) is 16.9. The van der Waals surface area contributed by atoms with E-state index in [1.54, 1.807) is 0 Å². The van der Waals surface area contributed by atoms with Gasteiger partial charge < -0.3 is 19.5 Å². The second kappa shape index (κ2) is 54.6. The molecule has 0 aliphatic heterocycles. The number of methoxy groups -OCH3 is 1. The number of unbranched alkanes of at least 4 members (excludes halogenated alkanes) is 26. The number of aldehydes is 1. The molecule has 1 N–H and O–H groups in total. The Morgan fingerprint density at radius 2 is 0.947 bits per heavy atom. The van der Waals surface area contributed by atoms with Crippen LogP contribution in [0.15, 0.2) is 12.3 Å². The topological polar surface area (TPSA) is 53.0 Å². The van der Waals surface area contributed by atoms with Crippen molar-refractivity contribution in [1.82, 2.24) is 9.80 Å². The van der Waals surface area contributed by atoms with E-state index >= 15 is 0 Å². The number of rotatable bonds is 44. The third-order valence-electron chi connectivity index (χ3n) is 11.5. The highest BCUT2D eigenvalue weighted by Gasteiger charge is 2.13. The van der Waals surface area contributed by atoms with E-state index < -0.39 is 0 Å². The standard InChI is InChI=1S/C29H58N2O2.C21H44O.C2H2/c1-4-7-8-9-10-11-12-13-16-19-22-29(33)28-31(26-25-30(6-3)23-5-2)24-20-17-14-15-18-21-27-32;1-4-6-8-10-12-13-15-17-19-21(20-22-3)18-16-14-11-9-7-5-2;1-2/h5,23,27,29,33H,4,6-22,24-26,28H2,1-3H3;21H,4-20H2,1-3H3;1-2H/b23-5-;;. The molecule has 0 spiro atoms. The Hall–Kier alpha value is -1.35. The molecule has 5 nitrogen and oxygen atoms in total. The van der Waals surface area contributed by atoms with Gasteiger partial charge in [-0.3, -0.25) is 4.90 Å². The van der Waals surface area contributed by atoms with E-state index in [9.17, 15) is 9.90 Å². The number of aliphatic hydroxyl groups is 1. The van der Waals surface area contributed by atoms with Crippen molar-refractivity contribution in [3.63, 3.8) is 0 Å². The van der Waals surface area contributed by atoms with E-state index in [-0.39, 0.29) is 6.10 Å². The monoisotopic (exact) mass is 805 g/mol. The van der Waals surface area contributed by atoms with Gasteiger partial charge in [0.1, 0.15) is 6.29 Å². The first-order valence-electron chi connectivity index (χ1n) is 25.1. The Kier molecular flexibility index (Phi) is 57.5. The maximum absolute atomic E-state index is 10.7. The Morgan fingerprint density at radius 3 is 1.35 bits per heavy atom. The fourth-order valence-corrected chi connectivity index (χ4v) is 7.79. The van der Waals surface area contributed by atoms with Crippen LogP contribution in [0.5, 0.6) is 0 Å². The van der Waals surface area contributed by atoms with Crippen LogP contribution in [0, 0.1) is 18.8 Å². The van der Waals surface area contributed by atoms with Crippen LogP contribution in [-0.2, 0) is 9.53 Å². The number of hydrogen-bond donors (Lipinski definition) is 1. The summed E-state index contributed by atoms with van der Waals surface area (Å²) in [5.74, 6) is 0.816. The minimum absolute atomic E-state index is 0.205. The van der Waals surface area contributed by atoms with Crippen molar-refractivity contribution in [2.75, 3.05) is 46.4 Å². The van der Waals surface area contributed by atoms with Crippen molar-refractivity contribution in [2.45, 2.75) is 253 Å². The van der Waals surface area contributed by atoms with Crippen LogP contribution < -0.4 is 0 Å². The van der Waals surface area contributed by atoms with E-state index in [1.165, 1.54) is 180 Å². The zero-order chi connectivity index (χ0) is 42.7. The summed E-state index contributed by atoms with van der Waals surface area (Å²) in [7, 11) is 1.86. The molecule has 0 heterocycles. The number of aliphatic hydroxyl groups excluding tert-OH is 1. The summed E-state index contributed by atoms with van der Waals surface area (Å²) in [4.78, 5) is 15.2. The molecular formula is C52H104N2O3. The van der Waals surface area contributed by atoms with Crippen LogP contribution in [0.3, 0.4) is 0 Å². The molecular weight excluding hydrogens is 701 g/mol. The third-order valence-corrected chi connectivity index (χ3v) is 11.5. The SMILES string of the molecule is C#C.C/C=C\N(CC)CCN(CCCCCCCC=O)CC(O)CCCCCCCCCCCC.CCCCCCCCCCC(CCCCCCCC)COC. The number of nitrogens with zero attached hydrogens (tertiary/aromatic N) is 2. The van der Waals surface area contributed by atoms with Gasteiger partial charge in [0.05, 0.1) is 6.10 Å². The van der Waals surface area contributed by atoms with E-state index in [2.05, 4.69) is 69.5 Å². The van der Waals surface area contributed by atoms with Crippen LogP contribution in [0.25, 0.3) is 0 Å². The number of terminal acetylenes is 1. The average molecular weight is 805 g/mol. The maximum atomic E-state index is 10.7. The smallest absolute Gasteiger partial charge is 0.119 e. The molecule has 0 aliphatic carbocycles. The molecule has 2 atom stereocenters. The minimum atomic E-state index is -0.205. The van der Waals surface area contributed by atoms with Gasteiger partial charge in [-0.05, 0) is 64.6 Å². The van der Waals surface area contributed by atoms with Gasteiger partial charge in [-0.15, -0.1) is 12.8 Å². The lowest BCUT2D eigenvalue weighted by Crippen LogP contribution is -2.38. The van der Waals surface area contributed by atoms with Crippen LogP contribution in [0.1, 0.15) is 247 Å². The van der Waals surface area contributed by atoms with Crippen molar-refractivity contribution < 1.29 is 14.6 Å². The molecule has 0 saturated carbocycles. The van der Waals surface area contributed by atoms with Gasteiger partial charge in [-0.2, -0.15) is 0 Å². The molecule has 0 saturated heterocycles. The molecule has 0 radical (unpaired) electrons. The third kappa shape index (κ3) is 50.7. The number of carbonyl (C=O) groups excluding carboxylic acids is 1. The van der Waals surface area contributed by atoms with Gasteiger partial charge in [0.15, 0.2) is 0 Å². The van der Waals surface area contributed by atoms with Crippen LogP contribution in [-0.4, -0.2) is 73.7 Å². The second-order valence-corrected chi connectivity index (χ2v) is 16.9. The van der Waals surface area contributed by atoms with Crippen LogP contribution in [0.2, 0.25) is 0 Å². The largest absolute Gasteiger partial charge is 0.392 e. The fourth-order valence-electron chi connectivity index (χ4n) is 7.79. The maximum Gasteiger partial charge on any atom is 0.119 e. The molecule has 5 heteroatoms. The summed E-state index contributed by atoms with van der Waals surface area (Å²) >= 11 is 0. The molecule has 0 aromatic carbocycles. The molecule has 57 heavy (non-hydrogen) atoms.